The molecule has 0 bridgehead atoms. The van der Waals surface area contributed by atoms with Gasteiger partial charge in [-0.2, -0.15) is 0 Å². The summed E-state index contributed by atoms with van der Waals surface area (Å²) in [6.07, 6.45) is 0. The lowest BCUT2D eigenvalue weighted by Gasteiger charge is -2.30. The van der Waals surface area contributed by atoms with E-state index in [1.54, 1.807) is 0 Å². The summed E-state index contributed by atoms with van der Waals surface area (Å²) in [5.41, 5.74) is 1.30. The summed E-state index contributed by atoms with van der Waals surface area (Å²) in [4.78, 5) is 0. The van der Waals surface area contributed by atoms with Crippen molar-refractivity contribution in [3.05, 3.63) is 28.8 Å². The van der Waals surface area contributed by atoms with Gasteiger partial charge in [-0.05, 0) is 37.1 Å². The minimum absolute atomic E-state index is 0.159. The predicted octanol–water partition coefficient (Wildman–Crippen LogP) is 3.66. The van der Waals surface area contributed by atoms with E-state index < -0.39 is 0 Å². The molecule has 0 fully saturated rings. The number of nitrogens with one attached hydrogen (secondary N) is 1. The molecule has 0 amide bonds. The van der Waals surface area contributed by atoms with Crippen LogP contribution in [0.15, 0.2) is 18.2 Å². The van der Waals surface area contributed by atoms with Gasteiger partial charge in [0.2, 0.25) is 0 Å². The Morgan fingerprint density at radius 3 is 2.47 bits per heavy atom. The van der Waals surface area contributed by atoms with E-state index >= 15 is 0 Å². The molecular weight excluding hydrogens is 234 g/mol. The third-order valence-corrected chi connectivity index (χ3v) is 3.18. The van der Waals surface area contributed by atoms with E-state index in [-0.39, 0.29) is 5.41 Å². The van der Waals surface area contributed by atoms with Gasteiger partial charge in [-0.3, -0.25) is 0 Å². The maximum absolute atomic E-state index is 6.13. The molecule has 96 valence electrons. The number of benzene rings is 1. The topological polar surface area (TPSA) is 21.3 Å². The van der Waals surface area contributed by atoms with Gasteiger partial charge in [-0.15, -0.1) is 0 Å². The number of rotatable bonds is 4. The van der Waals surface area contributed by atoms with Crippen molar-refractivity contribution in [2.75, 3.05) is 13.7 Å². The van der Waals surface area contributed by atoms with Gasteiger partial charge >= 0.3 is 0 Å². The standard InChI is InChI=1S/C14H22ClNO/c1-10-6-7-12(11(15)8-10)17-9-13(16-5)14(2,3)4/h6-8,13,16H,9H2,1-5H3. The zero-order chi connectivity index (χ0) is 13.1. The molecule has 3 heteroatoms. The van der Waals surface area contributed by atoms with Crippen LogP contribution in [-0.2, 0) is 0 Å². The number of hydrogen-bond donors (Lipinski definition) is 1. The van der Waals surface area contributed by atoms with Crippen LogP contribution in [0.2, 0.25) is 5.02 Å². The number of likely N-dealkylation sites (N-methyl/N-ethyl adjacent to an activating group) is 1. The Balaban J connectivity index is 2.66. The van der Waals surface area contributed by atoms with Gasteiger partial charge < -0.3 is 10.1 Å². The number of halogens is 1. The highest BCUT2D eigenvalue weighted by Gasteiger charge is 2.23. The molecule has 0 radical (unpaired) electrons. The summed E-state index contributed by atoms with van der Waals surface area (Å²) < 4.78 is 5.78. The lowest BCUT2D eigenvalue weighted by molar-refractivity contribution is 0.181. The summed E-state index contributed by atoms with van der Waals surface area (Å²) in [7, 11) is 1.95. The largest absolute Gasteiger partial charge is 0.490 e. The molecule has 0 spiro atoms. The molecule has 1 aromatic carbocycles. The predicted molar refractivity (Wildman–Crippen MR) is 74.0 cm³/mol. The van der Waals surface area contributed by atoms with Crippen LogP contribution in [0.4, 0.5) is 0 Å². The maximum Gasteiger partial charge on any atom is 0.137 e. The molecule has 0 aromatic heterocycles. The van der Waals surface area contributed by atoms with Crippen LogP contribution < -0.4 is 10.1 Å². The van der Waals surface area contributed by atoms with Crippen LogP contribution in [-0.4, -0.2) is 19.7 Å². The molecule has 0 aliphatic rings. The lowest BCUT2D eigenvalue weighted by Crippen LogP contribution is -2.42. The van der Waals surface area contributed by atoms with Crippen LogP contribution in [0.25, 0.3) is 0 Å². The Kier molecular flexibility index (Phi) is 4.84. The van der Waals surface area contributed by atoms with Crippen molar-refractivity contribution >= 4 is 11.6 Å². The smallest absolute Gasteiger partial charge is 0.137 e. The number of hydrogen-bond acceptors (Lipinski definition) is 2. The molecule has 0 saturated heterocycles. The van der Waals surface area contributed by atoms with E-state index in [1.165, 1.54) is 0 Å². The highest BCUT2D eigenvalue weighted by molar-refractivity contribution is 6.32. The van der Waals surface area contributed by atoms with Gasteiger partial charge in [0.05, 0.1) is 5.02 Å². The van der Waals surface area contributed by atoms with E-state index in [4.69, 9.17) is 16.3 Å². The molecule has 2 nitrogen and oxygen atoms in total. The van der Waals surface area contributed by atoms with Gasteiger partial charge in [-0.1, -0.05) is 38.4 Å². The van der Waals surface area contributed by atoms with Crippen molar-refractivity contribution in [2.24, 2.45) is 5.41 Å². The fraction of sp³-hybridized carbons (Fsp3) is 0.571. The fourth-order valence-corrected chi connectivity index (χ4v) is 1.95. The third kappa shape index (κ3) is 4.21. The second-order valence-corrected chi connectivity index (χ2v) is 5.86. The molecule has 1 N–H and O–H groups in total. The van der Waals surface area contributed by atoms with Gasteiger partial charge in [-0.25, -0.2) is 0 Å². The van der Waals surface area contributed by atoms with Crippen molar-refractivity contribution in [3.8, 4) is 5.75 Å². The Labute approximate surface area is 109 Å². The van der Waals surface area contributed by atoms with Crippen molar-refractivity contribution in [1.29, 1.82) is 0 Å². The normalized spacial score (nSPS) is 13.5. The van der Waals surface area contributed by atoms with Crippen LogP contribution in [0.1, 0.15) is 26.3 Å². The molecule has 0 aliphatic heterocycles. The van der Waals surface area contributed by atoms with Gasteiger partial charge in [0.1, 0.15) is 12.4 Å². The highest BCUT2D eigenvalue weighted by atomic mass is 35.5. The Bertz CT molecular complexity index is 371. The molecule has 0 aliphatic carbocycles. The van der Waals surface area contributed by atoms with E-state index in [0.29, 0.717) is 17.7 Å². The van der Waals surface area contributed by atoms with E-state index in [9.17, 15) is 0 Å². The van der Waals surface area contributed by atoms with Gasteiger partial charge in [0.15, 0.2) is 0 Å². The number of ether oxygens (including phenoxy) is 1. The first kappa shape index (κ1) is 14.3. The second kappa shape index (κ2) is 5.74. The third-order valence-electron chi connectivity index (χ3n) is 2.89. The molecule has 1 atom stereocenters. The molecule has 1 unspecified atom stereocenters. The maximum atomic E-state index is 6.13. The second-order valence-electron chi connectivity index (χ2n) is 5.45. The van der Waals surface area contributed by atoms with E-state index in [0.717, 1.165) is 11.3 Å². The summed E-state index contributed by atoms with van der Waals surface area (Å²) >= 11 is 6.13. The van der Waals surface area contributed by atoms with Crippen LogP contribution >= 0.6 is 11.6 Å². The van der Waals surface area contributed by atoms with E-state index in [1.807, 2.05) is 32.2 Å². The molecular formula is C14H22ClNO. The van der Waals surface area contributed by atoms with Crippen molar-refractivity contribution in [3.63, 3.8) is 0 Å². The van der Waals surface area contributed by atoms with Gasteiger partial charge in [0, 0.05) is 6.04 Å². The first-order chi connectivity index (χ1) is 7.84. The molecule has 1 rings (SSSR count). The first-order valence-electron chi connectivity index (χ1n) is 5.91. The summed E-state index contributed by atoms with van der Waals surface area (Å²) in [6, 6.07) is 6.14. The van der Waals surface area contributed by atoms with Crippen LogP contribution in [0.5, 0.6) is 5.75 Å². The highest BCUT2D eigenvalue weighted by Crippen LogP contribution is 2.26. The monoisotopic (exact) mass is 255 g/mol. The van der Waals surface area contributed by atoms with E-state index in [2.05, 4.69) is 26.1 Å². The summed E-state index contributed by atoms with van der Waals surface area (Å²) in [5.74, 6) is 0.752. The molecule has 0 saturated carbocycles. The average molecular weight is 256 g/mol. The quantitative estimate of drug-likeness (QED) is 0.887. The SMILES string of the molecule is CNC(COc1ccc(C)cc1Cl)C(C)(C)C. The molecule has 1 aromatic rings. The van der Waals surface area contributed by atoms with Crippen molar-refractivity contribution in [2.45, 2.75) is 33.7 Å². The zero-order valence-electron chi connectivity index (χ0n) is 11.3. The first-order valence-corrected chi connectivity index (χ1v) is 6.28. The van der Waals surface area contributed by atoms with Crippen molar-refractivity contribution < 1.29 is 4.74 Å². The minimum Gasteiger partial charge on any atom is -0.490 e. The average Bonchev–Trinajstić information content (AvgIpc) is 2.19. The Morgan fingerprint density at radius 1 is 1.35 bits per heavy atom. The molecule has 0 heterocycles. The summed E-state index contributed by atoms with van der Waals surface area (Å²) in [6.45, 7) is 9.20. The Hall–Kier alpha value is -0.730. The van der Waals surface area contributed by atoms with Crippen LogP contribution in [0, 0.1) is 12.3 Å². The lowest BCUT2D eigenvalue weighted by atomic mass is 9.87. The van der Waals surface area contributed by atoms with Crippen LogP contribution in [0.3, 0.4) is 0 Å². The molecule has 17 heavy (non-hydrogen) atoms. The fourth-order valence-electron chi connectivity index (χ4n) is 1.66. The number of aryl methyl sites for hydroxylation is 1. The Morgan fingerprint density at radius 2 is 2.00 bits per heavy atom. The van der Waals surface area contributed by atoms with Gasteiger partial charge in [0.25, 0.3) is 0 Å². The zero-order valence-corrected chi connectivity index (χ0v) is 12.1. The summed E-state index contributed by atoms with van der Waals surface area (Å²) in [5, 5.41) is 3.95. The van der Waals surface area contributed by atoms with Crippen molar-refractivity contribution in [1.82, 2.24) is 5.32 Å². The minimum atomic E-state index is 0.159.